The van der Waals surface area contributed by atoms with Crippen molar-refractivity contribution in [2.24, 2.45) is 0 Å². The molecule has 0 fully saturated rings. The van der Waals surface area contributed by atoms with Gasteiger partial charge in [0.25, 0.3) is 11.7 Å². The van der Waals surface area contributed by atoms with Crippen LogP contribution < -0.4 is 4.72 Å². The average molecular weight is 325 g/mol. The van der Waals surface area contributed by atoms with Crippen LogP contribution in [0.25, 0.3) is 5.78 Å². The molecule has 0 bridgehead atoms. The second kappa shape index (κ2) is 5.30. The van der Waals surface area contributed by atoms with Crippen LogP contribution >= 0.6 is 0 Å². The summed E-state index contributed by atoms with van der Waals surface area (Å²) in [7, 11) is -3.95. The average Bonchev–Trinajstić information content (AvgIpc) is 2.83. The van der Waals surface area contributed by atoms with Crippen LogP contribution in [0.15, 0.2) is 36.7 Å². The molecule has 22 heavy (non-hydrogen) atoms. The molecule has 0 aliphatic rings. The summed E-state index contributed by atoms with van der Waals surface area (Å²) in [6, 6.07) is 4.29. The molecule has 2 heterocycles. The van der Waals surface area contributed by atoms with Crippen molar-refractivity contribution in [3.05, 3.63) is 53.9 Å². The van der Waals surface area contributed by atoms with E-state index in [0.29, 0.717) is 6.07 Å². The first kappa shape index (κ1) is 14.3. The SMILES string of the molecule is O=S(=O)(Cc1ccc(F)cc1F)Nc1nc2ncccn2n1. The Hall–Kier alpha value is -2.62. The molecule has 0 aliphatic heterocycles. The number of rotatable bonds is 4. The molecule has 10 heteroatoms. The maximum atomic E-state index is 13.5. The maximum absolute atomic E-state index is 13.5. The van der Waals surface area contributed by atoms with Crippen LogP contribution in [-0.4, -0.2) is 28.0 Å². The molecule has 0 saturated heterocycles. The van der Waals surface area contributed by atoms with Gasteiger partial charge in [-0.15, -0.1) is 5.10 Å². The third-order valence-electron chi connectivity index (χ3n) is 2.72. The molecule has 3 rings (SSSR count). The van der Waals surface area contributed by atoms with Crippen LogP contribution in [0.1, 0.15) is 5.56 Å². The van der Waals surface area contributed by atoms with Gasteiger partial charge in [-0.25, -0.2) is 31.4 Å². The lowest BCUT2D eigenvalue weighted by atomic mass is 10.2. The van der Waals surface area contributed by atoms with Crippen LogP contribution in [0.5, 0.6) is 0 Å². The number of benzene rings is 1. The van der Waals surface area contributed by atoms with Gasteiger partial charge in [0.1, 0.15) is 11.6 Å². The number of halogens is 2. The largest absolute Gasteiger partial charge is 0.258 e. The Kier molecular flexibility index (Phi) is 3.45. The van der Waals surface area contributed by atoms with Crippen molar-refractivity contribution in [3.63, 3.8) is 0 Å². The molecular formula is C12H9F2N5O2S. The molecule has 0 spiro atoms. The van der Waals surface area contributed by atoms with Crippen molar-refractivity contribution in [2.45, 2.75) is 5.75 Å². The summed E-state index contributed by atoms with van der Waals surface area (Å²) in [6.07, 6.45) is 3.03. The normalized spacial score (nSPS) is 11.7. The van der Waals surface area contributed by atoms with E-state index in [2.05, 4.69) is 19.8 Å². The lowest BCUT2D eigenvalue weighted by molar-refractivity contribution is 0.570. The molecule has 0 unspecified atom stereocenters. The second-order valence-corrected chi connectivity index (χ2v) is 6.12. The van der Waals surface area contributed by atoms with Crippen LogP contribution in [0.4, 0.5) is 14.7 Å². The highest BCUT2D eigenvalue weighted by Crippen LogP contribution is 2.14. The van der Waals surface area contributed by atoms with Crippen molar-refractivity contribution in [3.8, 4) is 0 Å². The predicted molar refractivity (Wildman–Crippen MR) is 73.4 cm³/mol. The Morgan fingerprint density at radius 3 is 2.82 bits per heavy atom. The highest BCUT2D eigenvalue weighted by molar-refractivity contribution is 7.91. The number of nitrogens with one attached hydrogen (secondary N) is 1. The van der Waals surface area contributed by atoms with Gasteiger partial charge in [-0.2, -0.15) is 4.98 Å². The van der Waals surface area contributed by atoms with Gasteiger partial charge >= 0.3 is 0 Å². The number of sulfonamides is 1. The highest BCUT2D eigenvalue weighted by atomic mass is 32.2. The molecular weight excluding hydrogens is 316 g/mol. The van der Waals surface area contributed by atoms with Crippen molar-refractivity contribution >= 4 is 21.7 Å². The van der Waals surface area contributed by atoms with Crippen LogP contribution in [0.2, 0.25) is 0 Å². The third kappa shape index (κ3) is 3.01. The number of aromatic nitrogens is 4. The Labute approximate surface area is 123 Å². The molecule has 3 aromatic rings. The van der Waals surface area contributed by atoms with E-state index < -0.39 is 27.4 Å². The number of hydrogen-bond donors (Lipinski definition) is 1. The minimum atomic E-state index is -3.95. The molecule has 0 saturated carbocycles. The molecule has 0 atom stereocenters. The topological polar surface area (TPSA) is 89.2 Å². The van der Waals surface area contributed by atoms with E-state index in [1.807, 2.05) is 0 Å². The minimum absolute atomic E-state index is 0.157. The lowest BCUT2D eigenvalue weighted by Crippen LogP contribution is -2.17. The van der Waals surface area contributed by atoms with Crippen molar-refractivity contribution in [1.82, 2.24) is 19.6 Å². The Bertz CT molecular complexity index is 909. The molecule has 0 radical (unpaired) electrons. The minimum Gasteiger partial charge on any atom is -0.250 e. The Morgan fingerprint density at radius 2 is 2.09 bits per heavy atom. The Balaban J connectivity index is 1.83. The van der Waals surface area contributed by atoms with Gasteiger partial charge < -0.3 is 0 Å². The van der Waals surface area contributed by atoms with E-state index in [0.717, 1.165) is 12.1 Å². The van der Waals surface area contributed by atoms with E-state index in [1.165, 1.54) is 10.7 Å². The highest BCUT2D eigenvalue weighted by Gasteiger charge is 2.17. The van der Waals surface area contributed by atoms with Crippen molar-refractivity contribution in [2.75, 3.05) is 4.72 Å². The monoisotopic (exact) mass is 325 g/mol. The third-order valence-corrected chi connectivity index (χ3v) is 3.91. The number of hydrogen-bond acceptors (Lipinski definition) is 5. The van der Waals surface area contributed by atoms with Crippen molar-refractivity contribution < 1.29 is 17.2 Å². The fourth-order valence-corrected chi connectivity index (χ4v) is 2.88. The standard InChI is InChI=1S/C12H9F2N5O2S/c13-9-3-2-8(10(14)6-9)7-22(20,21)18-11-16-12-15-4-1-5-19(12)17-11/h1-6H,7H2,(H,17,18). The number of anilines is 1. The molecule has 0 amide bonds. The second-order valence-electron chi connectivity index (χ2n) is 4.40. The number of fused-ring (bicyclic) bond motifs is 1. The Morgan fingerprint density at radius 1 is 1.27 bits per heavy atom. The van der Waals surface area contributed by atoms with Gasteiger partial charge in [0.2, 0.25) is 10.0 Å². The first-order valence-electron chi connectivity index (χ1n) is 6.05. The fourth-order valence-electron chi connectivity index (χ4n) is 1.79. The van der Waals surface area contributed by atoms with Gasteiger partial charge in [0, 0.05) is 24.0 Å². The fraction of sp³-hybridized carbons (Fsp3) is 0.0833. The summed E-state index contributed by atoms with van der Waals surface area (Å²) >= 11 is 0. The van der Waals surface area contributed by atoms with Gasteiger partial charge in [-0.3, -0.25) is 0 Å². The molecule has 0 aliphatic carbocycles. The first-order chi connectivity index (χ1) is 10.4. The van der Waals surface area contributed by atoms with E-state index in [1.54, 1.807) is 12.3 Å². The summed E-state index contributed by atoms with van der Waals surface area (Å²) < 4.78 is 53.7. The van der Waals surface area contributed by atoms with E-state index in [9.17, 15) is 17.2 Å². The lowest BCUT2D eigenvalue weighted by Gasteiger charge is -2.05. The summed E-state index contributed by atoms with van der Waals surface area (Å²) in [6.45, 7) is 0. The molecule has 2 aromatic heterocycles. The van der Waals surface area contributed by atoms with Gasteiger partial charge in [-0.05, 0) is 12.1 Å². The molecule has 1 aromatic carbocycles. The van der Waals surface area contributed by atoms with Crippen LogP contribution in [0.3, 0.4) is 0 Å². The predicted octanol–water partition coefficient (Wildman–Crippen LogP) is 1.34. The van der Waals surface area contributed by atoms with Crippen LogP contribution in [0, 0.1) is 11.6 Å². The van der Waals surface area contributed by atoms with Gasteiger partial charge in [-0.1, -0.05) is 6.07 Å². The van der Waals surface area contributed by atoms with E-state index in [-0.39, 0.29) is 17.3 Å². The van der Waals surface area contributed by atoms with Crippen LogP contribution in [-0.2, 0) is 15.8 Å². The molecule has 1 N–H and O–H groups in total. The maximum Gasteiger partial charge on any atom is 0.258 e. The smallest absolute Gasteiger partial charge is 0.250 e. The van der Waals surface area contributed by atoms with E-state index in [4.69, 9.17) is 0 Å². The zero-order valence-electron chi connectivity index (χ0n) is 10.9. The summed E-state index contributed by atoms with van der Waals surface area (Å²) in [5, 5.41) is 3.88. The van der Waals surface area contributed by atoms with Gasteiger partial charge in [0.05, 0.1) is 5.75 Å². The number of nitrogens with zero attached hydrogens (tertiary/aromatic N) is 4. The molecule has 7 nitrogen and oxygen atoms in total. The molecule has 114 valence electrons. The first-order valence-corrected chi connectivity index (χ1v) is 7.70. The summed E-state index contributed by atoms with van der Waals surface area (Å²) in [4.78, 5) is 7.77. The quantitative estimate of drug-likeness (QED) is 0.782. The van der Waals surface area contributed by atoms with E-state index >= 15 is 0 Å². The zero-order valence-corrected chi connectivity index (χ0v) is 11.8. The zero-order chi connectivity index (χ0) is 15.7. The summed E-state index contributed by atoms with van der Waals surface area (Å²) in [5.41, 5.74) is -0.157. The van der Waals surface area contributed by atoms with Gasteiger partial charge in [0.15, 0.2) is 0 Å². The summed E-state index contributed by atoms with van der Waals surface area (Å²) in [5.74, 6) is -2.34. The van der Waals surface area contributed by atoms with Crippen molar-refractivity contribution in [1.29, 1.82) is 0 Å².